The van der Waals surface area contributed by atoms with E-state index in [2.05, 4.69) is 23.8 Å². The second kappa shape index (κ2) is 13.7. The fraction of sp³-hybridized carbons (Fsp3) is 0.286. The van der Waals surface area contributed by atoms with Crippen LogP contribution in [0.3, 0.4) is 0 Å². The van der Waals surface area contributed by atoms with Gasteiger partial charge in [0.1, 0.15) is 4.90 Å². The molecule has 40 heavy (non-hydrogen) atoms. The van der Waals surface area contributed by atoms with E-state index in [4.69, 9.17) is 9.47 Å². The highest BCUT2D eigenvalue weighted by atomic mass is 32.2. The van der Waals surface area contributed by atoms with Crippen molar-refractivity contribution in [3.8, 4) is 11.5 Å². The molecule has 2 amide bonds. The third-order valence-electron chi connectivity index (χ3n) is 5.97. The molecule has 1 aliphatic rings. The summed E-state index contributed by atoms with van der Waals surface area (Å²) < 4.78 is 46.5. The van der Waals surface area contributed by atoms with Crippen LogP contribution in [0.15, 0.2) is 60.5 Å². The molecule has 0 aliphatic heterocycles. The summed E-state index contributed by atoms with van der Waals surface area (Å²) in [5.74, 6) is -2.50. The number of carbonyl (C=O) groups is 4. The lowest BCUT2D eigenvalue weighted by Gasteiger charge is -2.24. The normalized spacial score (nSPS) is 12.1. The lowest BCUT2D eigenvalue weighted by Crippen LogP contribution is -2.24. The van der Waals surface area contributed by atoms with Crippen LogP contribution in [0.4, 0.5) is 0 Å². The lowest BCUT2D eigenvalue weighted by molar-refractivity contribution is -0.117. The number of ether oxygens (including phenoxy) is 2. The molecule has 11 nitrogen and oxygen atoms in total. The molecule has 0 saturated heterocycles. The number of nitrogens with one attached hydrogen (secondary N) is 2. The Morgan fingerprint density at radius 3 is 1.80 bits per heavy atom. The second-order valence-electron chi connectivity index (χ2n) is 8.74. The fourth-order valence-electron chi connectivity index (χ4n) is 4.02. The first-order chi connectivity index (χ1) is 19.1. The van der Waals surface area contributed by atoms with Gasteiger partial charge in [-0.1, -0.05) is 37.4 Å². The van der Waals surface area contributed by atoms with E-state index < -0.39 is 32.3 Å². The van der Waals surface area contributed by atoms with Gasteiger partial charge in [0.2, 0.25) is 11.8 Å². The van der Waals surface area contributed by atoms with E-state index in [0.717, 1.165) is 18.2 Å². The zero-order valence-corrected chi connectivity index (χ0v) is 22.6. The van der Waals surface area contributed by atoms with Gasteiger partial charge in [0.25, 0.3) is 10.1 Å². The minimum Gasteiger partial charge on any atom is -0.489 e. The Bertz CT molecular complexity index is 1450. The highest BCUT2D eigenvalue weighted by Crippen LogP contribution is 2.44. The minimum absolute atomic E-state index is 0.0155. The van der Waals surface area contributed by atoms with Gasteiger partial charge in [-0.25, -0.2) is 0 Å². The van der Waals surface area contributed by atoms with Crippen LogP contribution in [0.1, 0.15) is 57.5 Å². The van der Waals surface area contributed by atoms with Crippen molar-refractivity contribution in [1.82, 2.24) is 10.6 Å². The summed E-state index contributed by atoms with van der Waals surface area (Å²) in [4.78, 5) is 48.8. The van der Waals surface area contributed by atoms with Crippen LogP contribution in [-0.4, -0.2) is 62.7 Å². The highest BCUT2D eigenvalue weighted by Gasteiger charge is 2.37. The van der Waals surface area contributed by atoms with E-state index in [1.165, 1.54) is 12.1 Å². The van der Waals surface area contributed by atoms with Crippen molar-refractivity contribution in [2.45, 2.75) is 30.6 Å². The van der Waals surface area contributed by atoms with Gasteiger partial charge in [-0.3, -0.25) is 23.7 Å². The zero-order valence-electron chi connectivity index (χ0n) is 21.7. The molecule has 0 unspecified atom stereocenters. The summed E-state index contributed by atoms with van der Waals surface area (Å²) in [6.45, 7) is 7.32. The van der Waals surface area contributed by atoms with Crippen LogP contribution >= 0.6 is 0 Å². The first kappa shape index (κ1) is 30.3. The molecule has 0 aromatic heterocycles. The maximum atomic E-state index is 13.5. The molecule has 3 N–H and O–H groups in total. The van der Waals surface area contributed by atoms with E-state index in [1.807, 2.05) is 0 Å². The summed E-state index contributed by atoms with van der Waals surface area (Å²) in [6.07, 6.45) is 4.00. The zero-order chi connectivity index (χ0) is 29.3. The minimum atomic E-state index is -4.91. The number of hydrogen-bond donors (Lipinski definition) is 3. The molecule has 0 atom stereocenters. The van der Waals surface area contributed by atoms with Gasteiger partial charge in [0.05, 0.1) is 18.8 Å². The third kappa shape index (κ3) is 7.21. The van der Waals surface area contributed by atoms with Crippen molar-refractivity contribution in [2.24, 2.45) is 0 Å². The predicted octanol–water partition coefficient (Wildman–Crippen LogP) is 2.63. The number of unbranched alkanes of at least 4 members (excludes halogenated alkanes) is 2. The summed E-state index contributed by atoms with van der Waals surface area (Å²) >= 11 is 0. The molecule has 1 aliphatic carbocycles. The lowest BCUT2D eigenvalue weighted by atomic mass is 9.83. The smallest absolute Gasteiger partial charge is 0.298 e. The van der Waals surface area contributed by atoms with Crippen LogP contribution in [0.25, 0.3) is 0 Å². The molecular weight excluding hydrogens is 540 g/mol. The Labute approximate surface area is 232 Å². The van der Waals surface area contributed by atoms with E-state index in [0.29, 0.717) is 38.8 Å². The van der Waals surface area contributed by atoms with E-state index >= 15 is 0 Å². The Hall–Kier alpha value is -4.29. The Kier molecular flexibility index (Phi) is 10.3. The van der Waals surface area contributed by atoms with Gasteiger partial charge in [-0.05, 0) is 43.9 Å². The number of benzene rings is 2. The van der Waals surface area contributed by atoms with Crippen LogP contribution in [0, 0.1) is 0 Å². The standard InChI is InChI=1S/C28H30N2O9S/c1-3-22(31)29-13-7-9-15-38-27-21(40(35,36)37)17-20-24(26(34)19-12-6-5-11-18(19)25(20)33)28(27)39-16-10-8-14-30-23(32)4-2/h3-6,11-12,17H,1-2,7-10,13-16H2,(H,29,31)(H,30,32)(H,35,36,37). The van der Waals surface area contributed by atoms with Gasteiger partial charge >= 0.3 is 0 Å². The van der Waals surface area contributed by atoms with Gasteiger partial charge in [-0.2, -0.15) is 8.42 Å². The Morgan fingerprint density at radius 2 is 1.30 bits per heavy atom. The molecule has 212 valence electrons. The average molecular weight is 571 g/mol. The number of carbonyl (C=O) groups excluding carboxylic acids is 4. The first-order valence-corrected chi connectivity index (χ1v) is 14.0. The van der Waals surface area contributed by atoms with E-state index in [1.54, 1.807) is 12.1 Å². The van der Waals surface area contributed by atoms with Gasteiger partial charge in [0, 0.05) is 29.8 Å². The molecule has 0 fully saturated rings. The average Bonchev–Trinajstić information content (AvgIpc) is 2.94. The molecule has 0 saturated carbocycles. The molecule has 0 radical (unpaired) electrons. The SMILES string of the molecule is C=CC(=O)NCCCCOc1c(S(=O)(=O)O)cc2c(c1OCCCCNC(=O)C=C)C(=O)c1ccccc1C2=O. The Morgan fingerprint density at radius 1 is 0.800 bits per heavy atom. The van der Waals surface area contributed by atoms with Crippen molar-refractivity contribution < 1.29 is 41.6 Å². The number of fused-ring (bicyclic) bond motifs is 2. The van der Waals surface area contributed by atoms with Gasteiger partial charge < -0.3 is 20.1 Å². The molecule has 3 rings (SSSR count). The molecular formula is C28H30N2O9S. The molecule has 12 heteroatoms. The Balaban J connectivity index is 1.95. The van der Waals surface area contributed by atoms with Crippen molar-refractivity contribution in [3.63, 3.8) is 0 Å². The van der Waals surface area contributed by atoms with Crippen molar-refractivity contribution in [1.29, 1.82) is 0 Å². The van der Waals surface area contributed by atoms with E-state index in [9.17, 15) is 32.1 Å². The van der Waals surface area contributed by atoms with Gasteiger partial charge in [0.15, 0.2) is 23.1 Å². The largest absolute Gasteiger partial charge is 0.489 e. The van der Waals surface area contributed by atoms with Crippen LogP contribution in [-0.2, 0) is 19.7 Å². The maximum absolute atomic E-state index is 13.5. The summed E-state index contributed by atoms with van der Waals surface area (Å²) in [7, 11) is -4.91. The summed E-state index contributed by atoms with van der Waals surface area (Å²) in [5, 5.41) is 5.23. The number of amides is 2. The monoisotopic (exact) mass is 570 g/mol. The van der Waals surface area contributed by atoms with Crippen molar-refractivity contribution in [3.05, 3.63) is 77.9 Å². The molecule has 0 heterocycles. The summed E-state index contributed by atoms with van der Waals surface area (Å²) in [6, 6.07) is 7.05. The van der Waals surface area contributed by atoms with Crippen LogP contribution < -0.4 is 20.1 Å². The number of ketones is 2. The molecule has 2 aromatic rings. The van der Waals surface area contributed by atoms with Crippen LogP contribution in [0.5, 0.6) is 11.5 Å². The number of hydrogen-bond acceptors (Lipinski definition) is 8. The molecule has 2 aromatic carbocycles. The third-order valence-corrected chi connectivity index (χ3v) is 6.83. The second-order valence-corrected chi connectivity index (χ2v) is 10.1. The molecule has 0 bridgehead atoms. The highest BCUT2D eigenvalue weighted by molar-refractivity contribution is 7.86. The van der Waals surface area contributed by atoms with Crippen molar-refractivity contribution >= 4 is 33.5 Å². The van der Waals surface area contributed by atoms with Gasteiger partial charge in [-0.15, -0.1) is 0 Å². The fourth-order valence-corrected chi connectivity index (χ4v) is 4.67. The van der Waals surface area contributed by atoms with Crippen molar-refractivity contribution in [2.75, 3.05) is 26.3 Å². The summed E-state index contributed by atoms with van der Waals surface area (Å²) in [5.41, 5.74) is -0.172. The maximum Gasteiger partial charge on any atom is 0.298 e. The van der Waals surface area contributed by atoms with Crippen LogP contribution in [0.2, 0.25) is 0 Å². The van der Waals surface area contributed by atoms with E-state index in [-0.39, 0.29) is 53.0 Å². The number of rotatable bonds is 15. The molecule has 0 spiro atoms. The first-order valence-electron chi connectivity index (χ1n) is 12.5. The topological polar surface area (TPSA) is 165 Å². The predicted molar refractivity (Wildman–Crippen MR) is 145 cm³/mol. The quantitative estimate of drug-likeness (QED) is 0.141.